The van der Waals surface area contributed by atoms with E-state index in [4.69, 9.17) is 17.0 Å². The van der Waals surface area contributed by atoms with E-state index in [0.29, 0.717) is 11.5 Å². The monoisotopic (exact) mass is 394 g/mol. The summed E-state index contributed by atoms with van der Waals surface area (Å²) in [7, 11) is 7.29. The quantitative estimate of drug-likeness (QED) is 0.551. The standard InChI is InChI=1S/C5H10O2S.C5H10.2CH3.2ClH.Zr/c6-8(7)4-2-1-3-5-8;1-2-4-5-3-1;;;;;/h1-5H2;1-5H2;2*1H3;2*1H;/q;;2*-1;;;+4/p-2. The zero-order valence-corrected chi connectivity index (χ0v) is 16.3. The molecule has 6 heteroatoms. The van der Waals surface area contributed by atoms with Gasteiger partial charge in [0.15, 0.2) is 0 Å². The Hall–Kier alpha value is 1.41. The van der Waals surface area contributed by atoms with E-state index in [1.807, 2.05) is 0 Å². The molecule has 0 unspecified atom stereocenters. The minimum absolute atomic E-state index is 0. The van der Waals surface area contributed by atoms with Crippen molar-refractivity contribution in [3.63, 3.8) is 0 Å². The second-order valence-corrected chi connectivity index (χ2v) is 10.1. The molecule has 1 aliphatic heterocycles. The van der Waals surface area contributed by atoms with Gasteiger partial charge in [-0.3, -0.25) is 0 Å². The minimum atomic E-state index is -2.58. The molecule has 2 rings (SSSR count). The second kappa shape index (κ2) is 16.5. The molecule has 0 N–H and O–H groups in total. The van der Waals surface area contributed by atoms with Crippen molar-refractivity contribution in [1.82, 2.24) is 0 Å². The third kappa shape index (κ3) is 17.4. The average molecular weight is 397 g/mol. The molecule has 1 aliphatic carbocycles. The van der Waals surface area contributed by atoms with E-state index in [9.17, 15) is 8.42 Å². The molecule has 0 spiro atoms. The molecule has 110 valence electrons. The van der Waals surface area contributed by atoms with Gasteiger partial charge in [0.25, 0.3) is 0 Å². The first-order valence-corrected chi connectivity index (χ1v) is 13.9. The van der Waals surface area contributed by atoms with Crippen LogP contribution in [-0.2, 0) is 30.7 Å². The Morgan fingerprint density at radius 2 is 0.889 bits per heavy atom. The van der Waals surface area contributed by atoms with Crippen molar-refractivity contribution in [2.75, 3.05) is 11.5 Å². The fraction of sp³-hybridized carbons (Fsp3) is 0.833. The van der Waals surface area contributed by atoms with Gasteiger partial charge in [0.05, 0.1) is 11.5 Å². The van der Waals surface area contributed by atoms with Crippen LogP contribution in [0, 0.1) is 14.9 Å². The molecule has 2 fully saturated rings. The molecule has 0 radical (unpaired) electrons. The number of halogens is 2. The van der Waals surface area contributed by atoms with Gasteiger partial charge in [0.2, 0.25) is 0 Å². The van der Waals surface area contributed by atoms with Crippen molar-refractivity contribution in [2.45, 2.75) is 51.4 Å². The third-order valence-electron chi connectivity index (χ3n) is 2.66. The van der Waals surface area contributed by atoms with Crippen LogP contribution >= 0.6 is 17.0 Å². The molecule has 18 heavy (non-hydrogen) atoms. The van der Waals surface area contributed by atoms with E-state index in [0.717, 1.165) is 19.3 Å². The van der Waals surface area contributed by atoms with Crippen molar-refractivity contribution in [3.8, 4) is 0 Å². The van der Waals surface area contributed by atoms with Gasteiger partial charge in [-0.15, -0.1) is 0 Å². The van der Waals surface area contributed by atoms with Crippen LogP contribution in [0.3, 0.4) is 0 Å². The Balaban J connectivity index is -0.000000198. The molecule has 2 aliphatic rings. The molecule has 1 heterocycles. The Kier molecular flexibility index (Phi) is 22.4. The van der Waals surface area contributed by atoms with Gasteiger partial charge < -0.3 is 14.9 Å². The molecule has 2 nitrogen and oxygen atoms in total. The van der Waals surface area contributed by atoms with Crippen LogP contribution in [0.2, 0.25) is 0 Å². The molecular weight excluding hydrogens is 370 g/mol. The summed E-state index contributed by atoms with van der Waals surface area (Å²) in [5, 5.41) is 0. The first kappa shape index (κ1) is 24.4. The molecule has 0 amide bonds. The number of rotatable bonds is 0. The van der Waals surface area contributed by atoms with E-state index in [1.165, 1.54) is 32.1 Å². The first-order valence-electron chi connectivity index (χ1n) is 5.79. The van der Waals surface area contributed by atoms with Crippen LogP contribution < -0.4 is 0 Å². The van der Waals surface area contributed by atoms with Gasteiger partial charge in [-0.1, -0.05) is 38.5 Å². The number of hydrogen-bond acceptors (Lipinski definition) is 2. The molecular formula is C12H26Cl2O2SZr. The summed E-state index contributed by atoms with van der Waals surface area (Å²) < 4.78 is 21.3. The summed E-state index contributed by atoms with van der Waals surface area (Å²) in [4.78, 5) is 0. The van der Waals surface area contributed by atoms with E-state index in [-0.39, 0.29) is 14.9 Å². The summed E-state index contributed by atoms with van der Waals surface area (Å²) in [6.45, 7) is 0. The van der Waals surface area contributed by atoms with Crippen molar-refractivity contribution in [3.05, 3.63) is 14.9 Å². The van der Waals surface area contributed by atoms with Gasteiger partial charge in [-0.05, 0) is 12.8 Å². The molecule has 1 saturated carbocycles. The Labute approximate surface area is 133 Å². The van der Waals surface area contributed by atoms with E-state index in [1.54, 1.807) is 0 Å². The molecule has 0 atom stereocenters. The van der Waals surface area contributed by atoms with Crippen LogP contribution in [0.4, 0.5) is 0 Å². The van der Waals surface area contributed by atoms with Crippen LogP contribution in [-0.4, -0.2) is 19.9 Å². The second-order valence-electron chi connectivity index (χ2n) is 4.05. The Morgan fingerprint density at radius 3 is 1.06 bits per heavy atom. The van der Waals surface area contributed by atoms with Crippen molar-refractivity contribution in [1.29, 1.82) is 0 Å². The van der Waals surface area contributed by atoms with Crippen LogP contribution in [0.25, 0.3) is 0 Å². The summed E-state index contributed by atoms with van der Waals surface area (Å²) in [6.07, 6.45) is 10.4. The Bertz CT molecular complexity index is 223. The molecule has 0 bridgehead atoms. The maximum absolute atomic E-state index is 10.7. The number of hydrogen-bond donors (Lipinski definition) is 0. The van der Waals surface area contributed by atoms with Gasteiger partial charge >= 0.3 is 37.9 Å². The van der Waals surface area contributed by atoms with E-state index in [2.05, 4.69) is 0 Å². The zero-order chi connectivity index (χ0) is 12.3. The average Bonchev–Trinajstić information content (AvgIpc) is 2.76. The summed E-state index contributed by atoms with van der Waals surface area (Å²) in [5.41, 5.74) is 0. The summed E-state index contributed by atoms with van der Waals surface area (Å²) >= 11 is -0.826. The zero-order valence-electron chi connectivity index (χ0n) is 11.6. The van der Waals surface area contributed by atoms with Crippen molar-refractivity contribution < 1.29 is 29.3 Å². The van der Waals surface area contributed by atoms with Crippen LogP contribution in [0.5, 0.6) is 0 Å². The topological polar surface area (TPSA) is 34.1 Å². The maximum atomic E-state index is 10.7. The molecule has 0 aromatic carbocycles. The number of sulfone groups is 1. The van der Waals surface area contributed by atoms with E-state index < -0.39 is 30.7 Å². The fourth-order valence-corrected chi connectivity index (χ4v) is 3.30. The first-order chi connectivity index (χ1) is 7.62. The Morgan fingerprint density at radius 1 is 0.667 bits per heavy atom. The SMILES string of the molecule is C1CCCC1.O=S1(=O)CCCCC1.[CH3-].[CH3-].[Cl][Zr+2][Cl]. The third-order valence-corrected chi connectivity index (χ3v) is 4.48. The van der Waals surface area contributed by atoms with E-state index >= 15 is 0 Å². The molecule has 0 aromatic heterocycles. The van der Waals surface area contributed by atoms with Gasteiger partial charge in [-0.25, -0.2) is 8.42 Å². The van der Waals surface area contributed by atoms with Gasteiger partial charge in [0, 0.05) is 0 Å². The van der Waals surface area contributed by atoms with Crippen LogP contribution in [0.15, 0.2) is 0 Å². The summed E-state index contributed by atoms with van der Waals surface area (Å²) in [5.74, 6) is 0.847. The normalized spacial score (nSPS) is 19.4. The fourth-order valence-electron chi connectivity index (χ4n) is 1.81. The van der Waals surface area contributed by atoms with Crippen molar-refractivity contribution in [2.24, 2.45) is 0 Å². The van der Waals surface area contributed by atoms with Crippen molar-refractivity contribution >= 4 is 26.9 Å². The molecule has 1 saturated heterocycles. The van der Waals surface area contributed by atoms with Crippen LogP contribution in [0.1, 0.15) is 51.4 Å². The predicted octanol–water partition coefficient (Wildman–Crippen LogP) is 4.81. The molecule has 0 aromatic rings. The summed E-state index contributed by atoms with van der Waals surface area (Å²) in [6, 6.07) is 0. The van der Waals surface area contributed by atoms with Gasteiger partial charge in [-0.2, -0.15) is 0 Å². The predicted molar refractivity (Wildman–Crippen MR) is 80.1 cm³/mol. The van der Waals surface area contributed by atoms with Gasteiger partial charge in [0.1, 0.15) is 9.84 Å².